The summed E-state index contributed by atoms with van der Waals surface area (Å²) in [7, 11) is 0. The Balaban J connectivity index is 2.37. The lowest BCUT2D eigenvalue weighted by molar-refractivity contribution is -0.134. The second kappa shape index (κ2) is 8.94. The van der Waals surface area contributed by atoms with Gasteiger partial charge in [0.2, 0.25) is 11.8 Å². The first-order chi connectivity index (χ1) is 10.4. The zero-order chi connectivity index (χ0) is 16.5. The van der Waals surface area contributed by atoms with Crippen molar-refractivity contribution >= 4 is 17.6 Å². The molecule has 0 aromatic heterocycles. The van der Waals surface area contributed by atoms with Crippen LogP contribution in [-0.4, -0.2) is 30.2 Å². The summed E-state index contributed by atoms with van der Waals surface area (Å²) >= 11 is 0. The number of rotatable bonds is 9. The first-order valence-corrected chi connectivity index (χ1v) is 7.31. The molecule has 1 aromatic carbocycles. The van der Waals surface area contributed by atoms with Crippen LogP contribution in [0, 0.1) is 5.92 Å². The lowest BCUT2D eigenvalue weighted by Gasteiger charge is -2.15. The lowest BCUT2D eigenvalue weighted by Crippen LogP contribution is -2.42. The lowest BCUT2D eigenvalue weighted by atomic mass is 9.96. The van der Waals surface area contributed by atoms with Gasteiger partial charge < -0.3 is 16.8 Å². The summed E-state index contributed by atoms with van der Waals surface area (Å²) in [6.45, 7) is 1.97. The van der Waals surface area contributed by atoms with Gasteiger partial charge in [-0.05, 0) is 25.3 Å². The minimum atomic E-state index is -0.845. The first-order valence-electron chi connectivity index (χ1n) is 7.31. The van der Waals surface area contributed by atoms with E-state index in [1.165, 1.54) is 6.92 Å². The second-order valence-electron chi connectivity index (χ2n) is 5.26. The molecule has 6 nitrogen and oxygen atoms in total. The van der Waals surface area contributed by atoms with E-state index >= 15 is 0 Å². The molecule has 1 aromatic rings. The summed E-state index contributed by atoms with van der Waals surface area (Å²) in [5, 5.41) is 2.72. The molecule has 0 saturated heterocycles. The number of Topliss-reactive ketones (excluding diaryl/α,β-unsaturated/α-hetero) is 1. The maximum absolute atomic E-state index is 12.0. The van der Waals surface area contributed by atoms with Crippen molar-refractivity contribution in [2.24, 2.45) is 17.4 Å². The van der Waals surface area contributed by atoms with Gasteiger partial charge in [-0.2, -0.15) is 0 Å². The molecule has 22 heavy (non-hydrogen) atoms. The van der Waals surface area contributed by atoms with Crippen LogP contribution in [0.15, 0.2) is 30.3 Å². The number of ketones is 1. The molecule has 2 atom stereocenters. The molecule has 0 aliphatic heterocycles. The van der Waals surface area contributed by atoms with E-state index in [2.05, 4.69) is 5.32 Å². The van der Waals surface area contributed by atoms with Crippen molar-refractivity contribution < 1.29 is 14.4 Å². The number of nitrogens with two attached hydrogens (primary N) is 2. The quantitative estimate of drug-likeness (QED) is 0.563. The number of benzene rings is 1. The zero-order valence-electron chi connectivity index (χ0n) is 12.7. The first kappa shape index (κ1) is 17.8. The number of hydrogen-bond donors (Lipinski definition) is 3. The standard InChI is InChI=1S/C16H23N3O3/c1-11(15(21)13(17)7-8-14(18)20)16(22)19-10-9-12-5-3-2-4-6-12/h2-6,11,13H,7-10,17H2,1H3,(H2,18,20)(H,19,22)/t11?,13-/m0/s1. The molecule has 0 bridgehead atoms. The Labute approximate surface area is 130 Å². The maximum atomic E-state index is 12.0. The summed E-state index contributed by atoms with van der Waals surface area (Å²) < 4.78 is 0. The fourth-order valence-corrected chi connectivity index (χ4v) is 2.02. The van der Waals surface area contributed by atoms with Crippen LogP contribution in [0.25, 0.3) is 0 Å². The monoisotopic (exact) mass is 305 g/mol. The summed E-state index contributed by atoms with van der Waals surface area (Å²) in [6.07, 6.45) is 0.895. The van der Waals surface area contributed by atoms with Crippen LogP contribution in [0.5, 0.6) is 0 Å². The molecule has 2 amide bonds. The average Bonchev–Trinajstić information content (AvgIpc) is 2.51. The fraction of sp³-hybridized carbons (Fsp3) is 0.438. The van der Waals surface area contributed by atoms with Gasteiger partial charge in [0, 0.05) is 13.0 Å². The minimum Gasteiger partial charge on any atom is -0.370 e. The van der Waals surface area contributed by atoms with Crippen molar-refractivity contribution in [1.29, 1.82) is 0 Å². The third-order valence-corrected chi connectivity index (χ3v) is 3.44. The highest BCUT2D eigenvalue weighted by Crippen LogP contribution is 2.05. The van der Waals surface area contributed by atoms with Gasteiger partial charge in [-0.15, -0.1) is 0 Å². The Kier molecular flexibility index (Phi) is 7.25. The highest BCUT2D eigenvalue weighted by molar-refractivity contribution is 6.03. The molecule has 0 spiro atoms. The second-order valence-corrected chi connectivity index (χ2v) is 5.26. The normalized spacial score (nSPS) is 13.2. The van der Waals surface area contributed by atoms with E-state index in [0.29, 0.717) is 13.0 Å². The minimum absolute atomic E-state index is 0.0370. The molecule has 0 heterocycles. The van der Waals surface area contributed by atoms with E-state index in [4.69, 9.17) is 11.5 Å². The molecule has 120 valence electrons. The molecule has 5 N–H and O–H groups in total. The Morgan fingerprint density at radius 2 is 1.82 bits per heavy atom. The topological polar surface area (TPSA) is 115 Å². The van der Waals surface area contributed by atoms with Crippen molar-refractivity contribution in [1.82, 2.24) is 5.32 Å². The van der Waals surface area contributed by atoms with Gasteiger partial charge in [-0.1, -0.05) is 30.3 Å². The Morgan fingerprint density at radius 1 is 1.18 bits per heavy atom. The summed E-state index contributed by atoms with van der Waals surface area (Å²) in [4.78, 5) is 34.6. The Bertz CT molecular complexity index is 517. The van der Waals surface area contributed by atoms with Crippen molar-refractivity contribution in [2.45, 2.75) is 32.2 Å². The molecular weight excluding hydrogens is 282 g/mol. The number of carbonyl (C=O) groups excluding carboxylic acids is 3. The van der Waals surface area contributed by atoms with Crippen molar-refractivity contribution in [3.8, 4) is 0 Å². The molecule has 0 saturated carbocycles. The molecule has 6 heteroatoms. The van der Waals surface area contributed by atoms with Crippen LogP contribution in [0.3, 0.4) is 0 Å². The van der Waals surface area contributed by atoms with Gasteiger partial charge >= 0.3 is 0 Å². The number of nitrogens with one attached hydrogen (secondary N) is 1. The molecular formula is C16H23N3O3. The molecule has 0 fully saturated rings. The van der Waals surface area contributed by atoms with Gasteiger partial charge in [-0.3, -0.25) is 14.4 Å². The zero-order valence-corrected chi connectivity index (χ0v) is 12.7. The van der Waals surface area contributed by atoms with Gasteiger partial charge in [0.05, 0.1) is 12.0 Å². The number of hydrogen-bond acceptors (Lipinski definition) is 4. The highest BCUT2D eigenvalue weighted by Gasteiger charge is 2.26. The number of carbonyl (C=O) groups is 3. The van der Waals surface area contributed by atoms with Crippen LogP contribution in [0.4, 0.5) is 0 Å². The van der Waals surface area contributed by atoms with Gasteiger partial charge in [0.15, 0.2) is 5.78 Å². The van der Waals surface area contributed by atoms with E-state index < -0.39 is 17.9 Å². The largest absolute Gasteiger partial charge is 0.370 e. The molecule has 0 aliphatic carbocycles. The van der Waals surface area contributed by atoms with Crippen LogP contribution >= 0.6 is 0 Å². The van der Waals surface area contributed by atoms with E-state index in [0.717, 1.165) is 5.56 Å². The van der Waals surface area contributed by atoms with E-state index in [1.54, 1.807) is 0 Å². The summed E-state index contributed by atoms with van der Waals surface area (Å²) in [5.41, 5.74) is 11.8. The predicted molar refractivity (Wildman–Crippen MR) is 83.7 cm³/mol. The van der Waals surface area contributed by atoms with Crippen LogP contribution in [0.1, 0.15) is 25.3 Å². The smallest absolute Gasteiger partial charge is 0.230 e. The fourth-order valence-electron chi connectivity index (χ4n) is 2.02. The molecule has 0 aliphatic rings. The van der Waals surface area contributed by atoms with Crippen molar-refractivity contribution in [3.63, 3.8) is 0 Å². The van der Waals surface area contributed by atoms with Crippen LogP contribution < -0.4 is 16.8 Å². The van der Waals surface area contributed by atoms with Crippen LogP contribution in [0.2, 0.25) is 0 Å². The van der Waals surface area contributed by atoms with Crippen molar-refractivity contribution in [2.75, 3.05) is 6.54 Å². The summed E-state index contributed by atoms with van der Waals surface area (Å²) in [5.74, 6) is -2.07. The van der Waals surface area contributed by atoms with Crippen molar-refractivity contribution in [3.05, 3.63) is 35.9 Å². The SMILES string of the molecule is CC(C(=O)NCCc1ccccc1)C(=O)[C@@H](N)CCC(N)=O. The third kappa shape index (κ3) is 6.05. The van der Waals surface area contributed by atoms with Gasteiger partial charge in [-0.25, -0.2) is 0 Å². The van der Waals surface area contributed by atoms with E-state index in [1.807, 2.05) is 30.3 Å². The van der Waals surface area contributed by atoms with E-state index in [-0.39, 0.29) is 24.5 Å². The highest BCUT2D eigenvalue weighted by atomic mass is 16.2. The average molecular weight is 305 g/mol. The number of amides is 2. The molecule has 1 unspecified atom stereocenters. The van der Waals surface area contributed by atoms with Gasteiger partial charge in [0.1, 0.15) is 0 Å². The van der Waals surface area contributed by atoms with Gasteiger partial charge in [0.25, 0.3) is 0 Å². The summed E-state index contributed by atoms with van der Waals surface area (Å²) in [6, 6.07) is 8.89. The number of primary amides is 1. The Hall–Kier alpha value is -2.21. The third-order valence-electron chi connectivity index (χ3n) is 3.44. The molecule has 1 rings (SSSR count). The van der Waals surface area contributed by atoms with E-state index in [9.17, 15) is 14.4 Å². The molecule has 0 radical (unpaired) electrons. The Morgan fingerprint density at radius 3 is 2.41 bits per heavy atom. The maximum Gasteiger partial charge on any atom is 0.230 e. The predicted octanol–water partition coefficient (Wildman–Crippen LogP) is 0.143. The van der Waals surface area contributed by atoms with Crippen LogP contribution in [-0.2, 0) is 20.8 Å².